The molecule has 7 heteroatoms. The van der Waals surface area contributed by atoms with Crippen LogP contribution in [-0.2, 0) is 6.54 Å². The molecule has 0 unspecified atom stereocenters. The zero-order valence-electron chi connectivity index (χ0n) is 11.7. The molecule has 1 saturated heterocycles. The van der Waals surface area contributed by atoms with E-state index >= 15 is 0 Å². The van der Waals surface area contributed by atoms with Crippen LogP contribution < -0.4 is 10.6 Å². The summed E-state index contributed by atoms with van der Waals surface area (Å²) >= 11 is 0. The van der Waals surface area contributed by atoms with Crippen molar-refractivity contribution in [2.75, 3.05) is 13.1 Å². The summed E-state index contributed by atoms with van der Waals surface area (Å²) in [6, 6.07) is 5.93. The molecule has 2 aromatic rings. The fourth-order valence-electron chi connectivity index (χ4n) is 2.39. The van der Waals surface area contributed by atoms with Crippen molar-refractivity contribution < 1.29 is 4.79 Å². The maximum absolute atomic E-state index is 12.0. The molecule has 21 heavy (non-hydrogen) atoms. The Morgan fingerprint density at radius 1 is 1.38 bits per heavy atom. The molecule has 0 radical (unpaired) electrons. The topological polar surface area (TPSA) is 84.7 Å². The van der Waals surface area contributed by atoms with Crippen molar-refractivity contribution in [3.8, 4) is 0 Å². The van der Waals surface area contributed by atoms with E-state index in [4.69, 9.17) is 0 Å². The number of nitrogens with one attached hydrogen (secondary N) is 2. The molecule has 1 amide bonds. The van der Waals surface area contributed by atoms with Crippen LogP contribution in [0.25, 0.3) is 0 Å². The van der Waals surface area contributed by atoms with Gasteiger partial charge in [-0.2, -0.15) is 0 Å². The molecule has 7 nitrogen and oxygen atoms in total. The minimum atomic E-state index is -0.221. The molecule has 0 saturated carbocycles. The number of hydrogen-bond donors (Lipinski definition) is 2. The van der Waals surface area contributed by atoms with Gasteiger partial charge in [-0.1, -0.05) is 11.3 Å². The van der Waals surface area contributed by atoms with Gasteiger partial charge in [-0.05, 0) is 38.1 Å². The van der Waals surface area contributed by atoms with Gasteiger partial charge in [0.05, 0.1) is 24.5 Å². The quantitative estimate of drug-likeness (QED) is 0.856. The molecule has 3 heterocycles. The van der Waals surface area contributed by atoms with E-state index in [1.54, 1.807) is 17.1 Å². The average molecular weight is 286 g/mol. The minimum Gasteiger partial charge on any atom is -0.345 e. The highest BCUT2D eigenvalue weighted by molar-refractivity contribution is 5.91. The molecule has 1 aliphatic heterocycles. The Labute approximate surface area is 122 Å². The van der Waals surface area contributed by atoms with E-state index in [0.29, 0.717) is 18.3 Å². The lowest BCUT2D eigenvalue weighted by Crippen LogP contribution is -2.29. The van der Waals surface area contributed by atoms with E-state index in [9.17, 15) is 4.79 Å². The van der Waals surface area contributed by atoms with E-state index in [1.807, 2.05) is 18.2 Å². The van der Waals surface area contributed by atoms with Crippen LogP contribution in [0.2, 0.25) is 0 Å². The summed E-state index contributed by atoms with van der Waals surface area (Å²) in [6.07, 6.45) is 5.45. The van der Waals surface area contributed by atoms with Crippen LogP contribution in [0.3, 0.4) is 0 Å². The summed E-state index contributed by atoms with van der Waals surface area (Å²) in [4.78, 5) is 16.2. The minimum absolute atomic E-state index is 0.221. The van der Waals surface area contributed by atoms with Crippen LogP contribution in [-0.4, -0.2) is 39.0 Å². The average Bonchev–Trinajstić information content (AvgIpc) is 3.04. The fraction of sp³-hybridized carbons (Fsp3) is 0.429. The van der Waals surface area contributed by atoms with Crippen molar-refractivity contribution in [3.05, 3.63) is 42.0 Å². The summed E-state index contributed by atoms with van der Waals surface area (Å²) in [5.41, 5.74) is 1.17. The number of rotatable bonds is 4. The highest BCUT2D eigenvalue weighted by Gasteiger charge is 2.18. The molecule has 0 aromatic carbocycles. The second-order valence-electron chi connectivity index (χ2n) is 5.07. The van der Waals surface area contributed by atoms with Crippen LogP contribution >= 0.6 is 0 Å². The van der Waals surface area contributed by atoms with Crippen molar-refractivity contribution in [3.63, 3.8) is 0 Å². The lowest BCUT2D eigenvalue weighted by molar-refractivity contribution is 0.0945. The zero-order chi connectivity index (χ0) is 14.5. The van der Waals surface area contributed by atoms with Gasteiger partial charge in [-0.25, -0.2) is 4.68 Å². The Hall–Kier alpha value is -2.28. The summed E-state index contributed by atoms with van der Waals surface area (Å²) in [6.45, 7) is 2.34. The van der Waals surface area contributed by atoms with Crippen LogP contribution in [0.15, 0.2) is 30.6 Å². The second-order valence-corrected chi connectivity index (χ2v) is 5.07. The van der Waals surface area contributed by atoms with E-state index in [-0.39, 0.29) is 5.91 Å². The number of hydrogen-bond acceptors (Lipinski definition) is 5. The summed E-state index contributed by atoms with van der Waals surface area (Å²) < 4.78 is 1.80. The van der Waals surface area contributed by atoms with Gasteiger partial charge in [0, 0.05) is 6.20 Å². The highest BCUT2D eigenvalue weighted by Crippen LogP contribution is 2.16. The predicted octanol–water partition coefficient (Wildman–Crippen LogP) is 0.528. The van der Waals surface area contributed by atoms with Crippen LogP contribution in [0.1, 0.15) is 35.1 Å². The molecule has 1 aliphatic rings. The molecule has 0 aliphatic carbocycles. The van der Waals surface area contributed by atoms with Gasteiger partial charge in [0.25, 0.3) is 5.91 Å². The smallest absolute Gasteiger partial charge is 0.273 e. The molecule has 110 valence electrons. The van der Waals surface area contributed by atoms with Gasteiger partial charge < -0.3 is 10.6 Å². The van der Waals surface area contributed by atoms with Gasteiger partial charge in [0.2, 0.25) is 0 Å². The number of carbonyl (C=O) groups excluding carboxylic acids is 1. The molecule has 2 aromatic heterocycles. The third-order valence-electron chi connectivity index (χ3n) is 3.58. The maximum atomic E-state index is 12.0. The van der Waals surface area contributed by atoms with Gasteiger partial charge in [0.15, 0.2) is 5.69 Å². The Morgan fingerprint density at radius 2 is 2.24 bits per heavy atom. The Bertz CT molecular complexity index is 591. The lowest BCUT2D eigenvalue weighted by Gasteiger charge is -2.22. The Kier molecular flexibility index (Phi) is 4.20. The highest BCUT2D eigenvalue weighted by atomic mass is 16.2. The molecule has 0 bridgehead atoms. The van der Waals surface area contributed by atoms with Crippen molar-refractivity contribution in [1.82, 2.24) is 30.6 Å². The molecule has 3 rings (SSSR count). The second kappa shape index (κ2) is 6.45. The zero-order valence-corrected chi connectivity index (χ0v) is 11.7. The number of pyridine rings is 1. The van der Waals surface area contributed by atoms with Crippen molar-refractivity contribution in [1.29, 1.82) is 0 Å². The lowest BCUT2D eigenvalue weighted by atomic mass is 10.1. The molecule has 1 fully saturated rings. The van der Waals surface area contributed by atoms with E-state index in [1.165, 1.54) is 0 Å². The molecular formula is C14H18N6O. The molecular weight excluding hydrogens is 268 g/mol. The molecule has 0 spiro atoms. The Morgan fingerprint density at radius 3 is 3.00 bits per heavy atom. The van der Waals surface area contributed by atoms with Gasteiger partial charge in [-0.3, -0.25) is 9.78 Å². The van der Waals surface area contributed by atoms with Gasteiger partial charge >= 0.3 is 0 Å². The van der Waals surface area contributed by atoms with E-state index in [0.717, 1.165) is 31.6 Å². The maximum Gasteiger partial charge on any atom is 0.273 e. The summed E-state index contributed by atoms with van der Waals surface area (Å²) in [5, 5.41) is 14.1. The van der Waals surface area contributed by atoms with Gasteiger partial charge in [-0.15, -0.1) is 5.10 Å². The van der Waals surface area contributed by atoms with Crippen LogP contribution in [0.4, 0.5) is 0 Å². The SMILES string of the molecule is O=C(NCc1ccccn1)c1cn(C2CCNCC2)nn1. The van der Waals surface area contributed by atoms with Gasteiger partial charge in [0.1, 0.15) is 0 Å². The number of aromatic nitrogens is 4. The number of carbonyl (C=O) groups is 1. The van der Waals surface area contributed by atoms with Crippen LogP contribution in [0, 0.1) is 0 Å². The molecule has 2 N–H and O–H groups in total. The standard InChI is InChI=1S/C14H18N6O/c21-14(17-9-11-3-1-2-6-16-11)13-10-20(19-18-13)12-4-7-15-8-5-12/h1-3,6,10,12,15H,4-5,7-9H2,(H,17,21). The monoisotopic (exact) mass is 286 g/mol. The predicted molar refractivity (Wildman–Crippen MR) is 76.6 cm³/mol. The van der Waals surface area contributed by atoms with Crippen molar-refractivity contribution in [2.45, 2.75) is 25.4 Å². The fourth-order valence-corrected chi connectivity index (χ4v) is 2.39. The first-order valence-electron chi connectivity index (χ1n) is 7.13. The molecule has 0 atom stereocenters. The third kappa shape index (κ3) is 3.43. The number of amides is 1. The normalized spacial score (nSPS) is 15.8. The first-order valence-corrected chi connectivity index (χ1v) is 7.13. The number of nitrogens with zero attached hydrogens (tertiary/aromatic N) is 4. The van der Waals surface area contributed by atoms with E-state index in [2.05, 4.69) is 25.9 Å². The summed E-state index contributed by atoms with van der Waals surface area (Å²) in [5.74, 6) is -0.221. The first-order chi connectivity index (χ1) is 10.3. The van der Waals surface area contributed by atoms with Crippen LogP contribution in [0.5, 0.6) is 0 Å². The van der Waals surface area contributed by atoms with Crippen molar-refractivity contribution >= 4 is 5.91 Å². The largest absolute Gasteiger partial charge is 0.345 e. The first kappa shape index (κ1) is 13.7. The van der Waals surface area contributed by atoms with Crippen molar-refractivity contribution in [2.24, 2.45) is 0 Å². The van der Waals surface area contributed by atoms with E-state index < -0.39 is 0 Å². The Balaban J connectivity index is 1.59. The third-order valence-corrected chi connectivity index (χ3v) is 3.58. The number of piperidine rings is 1. The summed E-state index contributed by atoms with van der Waals surface area (Å²) in [7, 11) is 0.